The Bertz CT molecular complexity index is 1520. The molecule has 2 heterocycles. The molecule has 0 saturated carbocycles. The fraction of sp³-hybridized carbons (Fsp3) is 0.130. The predicted molar refractivity (Wildman–Crippen MR) is 120 cm³/mol. The predicted octanol–water partition coefficient (Wildman–Crippen LogP) is 2.68. The molecule has 2 amide bonds. The molecule has 1 aliphatic heterocycles. The highest BCUT2D eigenvalue weighted by atomic mass is 19.4. The molecule has 36 heavy (non-hydrogen) atoms. The second-order valence-electron chi connectivity index (χ2n) is 7.57. The first-order chi connectivity index (χ1) is 17.0. The van der Waals surface area contributed by atoms with Gasteiger partial charge in [0.2, 0.25) is 5.91 Å². The van der Waals surface area contributed by atoms with Crippen molar-refractivity contribution in [2.45, 2.75) is 6.18 Å². The van der Waals surface area contributed by atoms with Crippen LogP contribution in [0.2, 0.25) is 0 Å². The second kappa shape index (κ2) is 9.17. The number of ether oxygens (including phenoxy) is 1. The van der Waals surface area contributed by atoms with Gasteiger partial charge in [-0.25, -0.2) is 13.8 Å². The number of rotatable bonds is 4. The van der Waals surface area contributed by atoms with Gasteiger partial charge in [0.1, 0.15) is 22.8 Å². The second-order valence-corrected chi connectivity index (χ2v) is 7.57. The molecule has 0 aliphatic carbocycles. The third-order valence-electron chi connectivity index (χ3n) is 5.15. The highest BCUT2D eigenvalue weighted by Gasteiger charge is 2.36. The molecule has 0 spiro atoms. The van der Waals surface area contributed by atoms with E-state index < -0.39 is 58.7 Å². The van der Waals surface area contributed by atoms with E-state index in [1.54, 1.807) is 30.3 Å². The third-order valence-corrected chi connectivity index (χ3v) is 5.15. The molecule has 186 valence electrons. The lowest BCUT2D eigenvalue weighted by molar-refractivity contribution is -0.144. The Hall–Kier alpha value is -4.68. The molecular weight excluding hydrogens is 488 g/mol. The maximum atomic E-state index is 15.3. The molecule has 2 N–H and O–H groups in total. The van der Waals surface area contributed by atoms with E-state index >= 15 is 4.39 Å². The molecule has 0 fully saturated rings. The lowest BCUT2D eigenvalue weighted by Crippen LogP contribution is -2.41. The number of anilines is 2. The summed E-state index contributed by atoms with van der Waals surface area (Å²) in [6.07, 6.45) is -2.56. The third kappa shape index (κ3) is 4.62. The number of halogens is 4. The molecule has 0 unspecified atom stereocenters. The van der Waals surface area contributed by atoms with E-state index in [-0.39, 0.29) is 26.6 Å². The number of carbonyl (C=O) groups is 2. The van der Waals surface area contributed by atoms with Gasteiger partial charge in [0.25, 0.3) is 11.5 Å². The maximum absolute atomic E-state index is 15.3. The first-order valence-electron chi connectivity index (χ1n) is 10.2. The van der Waals surface area contributed by atoms with E-state index in [0.29, 0.717) is 5.56 Å². The Balaban J connectivity index is 1.91. The van der Waals surface area contributed by atoms with Crippen LogP contribution in [-0.2, 0) is 22.8 Å². The normalized spacial score (nSPS) is 13.2. The zero-order valence-corrected chi connectivity index (χ0v) is 18.4. The fourth-order valence-electron chi connectivity index (χ4n) is 3.52. The minimum Gasteiger partial charge on any atom is -0.481 e. The van der Waals surface area contributed by atoms with Crippen molar-refractivity contribution >= 4 is 29.3 Å². The molecule has 0 atom stereocenters. The SMILES string of the molecule is Cn1c(C(F)(F)F)cc(=O)n(-c2c(F)cc3c(c2NC(=O)C=Cc2ccccc2)NC(=O)CO3)c1=O. The molecule has 9 nitrogen and oxygen atoms in total. The Kier molecular flexibility index (Phi) is 6.23. The highest BCUT2D eigenvalue weighted by molar-refractivity contribution is 6.09. The summed E-state index contributed by atoms with van der Waals surface area (Å²) in [4.78, 5) is 50.0. The minimum absolute atomic E-state index is 0.121. The summed E-state index contributed by atoms with van der Waals surface area (Å²) in [7, 11) is 0.753. The molecule has 4 rings (SSSR count). The molecule has 2 aromatic carbocycles. The Morgan fingerprint density at radius 1 is 1.14 bits per heavy atom. The van der Waals surface area contributed by atoms with Crippen molar-refractivity contribution in [3.63, 3.8) is 0 Å². The number of nitrogens with one attached hydrogen (secondary N) is 2. The molecule has 0 bridgehead atoms. The molecule has 0 radical (unpaired) electrons. The molecule has 3 aromatic rings. The molecular formula is C23H16F4N4O5. The van der Waals surface area contributed by atoms with E-state index in [4.69, 9.17) is 4.74 Å². The van der Waals surface area contributed by atoms with Gasteiger partial charge in [-0.05, 0) is 11.6 Å². The van der Waals surface area contributed by atoms with Gasteiger partial charge in [0, 0.05) is 25.3 Å². The van der Waals surface area contributed by atoms with Crippen molar-refractivity contribution in [2.24, 2.45) is 7.05 Å². The summed E-state index contributed by atoms with van der Waals surface area (Å²) in [5.74, 6) is -3.05. The van der Waals surface area contributed by atoms with Gasteiger partial charge in [-0.2, -0.15) is 13.2 Å². The summed E-state index contributed by atoms with van der Waals surface area (Å²) in [5, 5.41) is 4.66. The Labute approximate surface area is 199 Å². The molecule has 0 saturated heterocycles. The monoisotopic (exact) mass is 504 g/mol. The average Bonchev–Trinajstić information content (AvgIpc) is 2.82. The van der Waals surface area contributed by atoms with Gasteiger partial charge in [-0.3, -0.25) is 19.0 Å². The summed E-state index contributed by atoms with van der Waals surface area (Å²) in [6, 6.07) is 9.45. The number of benzene rings is 2. The van der Waals surface area contributed by atoms with Crippen LogP contribution in [-0.4, -0.2) is 27.6 Å². The number of hydrogen-bond acceptors (Lipinski definition) is 5. The summed E-state index contributed by atoms with van der Waals surface area (Å²) in [5.41, 5.74) is -5.67. The number of alkyl halides is 3. The van der Waals surface area contributed by atoms with Crippen molar-refractivity contribution in [3.05, 3.63) is 86.5 Å². The van der Waals surface area contributed by atoms with Gasteiger partial charge < -0.3 is 15.4 Å². The van der Waals surface area contributed by atoms with Crippen molar-refractivity contribution in [2.75, 3.05) is 17.2 Å². The minimum atomic E-state index is -5.04. The number of nitrogens with zero attached hydrogens (tertiary/aromatic N) is 2. The molecule has 1 aliphatic rings. The first kappa shape index (κ1) is 24.4. The van der Waals surface area contributed by atoms with Crippen LogP contribution in [0, 0.1) is 5.82 Å². The van der Waals surface area contributed by atoms with Gasteiger partial charge >= 0.3 is 11.9 Å². The number of amides is 2. The first-order valence-corrected chi connectivity index (χ1v) is 10.2. The van der Waals surface area contributed by atoms with Crippen LogP contribution in [0.25, 0.3) is 11.8 Å². The average molecular weight is 504 g/mol. The number of hydrogen-bond donors (Lipinski definition) is 2. The van der Waals surface area contributed by atoms with Crippen molar-refractivity contribution in [3.8, 4) is 11.4 Å². The van der Waals surface area contributed by atoms with Crippen LogP contribution in [0.15, 0.2) is 58.1 Å². The lowest BCUT2D eigenvalue weighted by atomic mass is 10.1. The zero-order valence-electron chi connectivity index (χ0n) is 18.4. The summed E-state index contributed by atoms with van der Waals surface area (Å²) >= 11 is 0. The standard InChI is InChI=1S/C23H16F4N4O5/c1-30-15(23(25,26)27)10-18(34)31(22(30)35)21-13(24)9-14-19(29-17(33)11-36-14)20(21)28-16(32)8-7-12-5-3-2-4-6-12/h2-10H,11H2,1H3,(H,28,32)(H,29,33). The van der Waals surface area contributed by atoms with E-state index in [2.05, 4.69) is 10.6 Å². The van der Waals surface area contributed by atoms with E-state index in [1.165, 1.54) is 6.08 Å². The molecule has 1 aromatic heterocycles. The van der Waals surface area contributed by atoms with E-state index in [9.17, 15) is 32.3 Å². The Morgan fingerprint density at radius 2 is 1.83 bits per heavy atom. The van der Waals surface area contributed by atoms with Gasteiger partial charge in [-0.15, -0.1) is 0 Å². The number of fused-ring (bicyclic) bond motifs is 1. The maximum Gasteiger partial charge on any atom is 0.431 e. The number of carbonyl (C=O) groups excluding carboxylic acids is 2. The number of aromatic nitrogens is 2. The quantitative estimate of drug-likeness (QED) is 0.419. The van der Waals surface area contributed by atoms with Crippen molar-refractivity contribution in [1.82, 2.24) is 9.13 Å². The van der Waals surface area contributed by atoms with Crippen LogP contribution < -0.4 is 26.6 Å². The molecule has 13 heteroatoms. The topological polar surface area (TPSA) is 111 Å². The lowest BCUT2D eigenvalue weighted by Gasteiger charge is -2.24. The van der Waals surface area contributed by atoms with Gasteiger partial charge in [-0.1, -0.05) is 30.3 Å². The van der Waals surface area contributed by atoms with Crippen LogP contribution in [0.5, 0.6) is 5.75 Å². The van der Waals surface area contributed by atoms with Gasteiger partial charge in [0.15, 0.2) is 12.4 Å². The Morgan fingerprint density at radius 3 is 2.50 bits per heavy atom. The van der Waals surface area contributed by atoms with Crippen molar-refractivity contribution < 1.29 is 31.9 Å². The van der Waals surface area contributed by atoms with Crippen LogP contribution in [0.3, 0.4) is 0 Å². The fourth-order valence-corrected chi connectivity index (χ4v) is 3.52. The largest absolute Gasteiger partial charge is 0.481 e. The van der Waals surface area contributed by atoms with E-state index in [1.807, 2.05) is 0 Å². The van der Waals surface area contributed by atoms with E-state index in [0.717, 1.165) is 19.2 Å². The smallest absolute Gasteiger partial charge is 0.431 e. The summed E-state index contributed by atoms with van der Waals surface area (Å²) < 4.78 is 60.4. The van der Waals surface area contributed by atoms with Gasteiger partial charge in [0.05, 0.1) is 5.69 Å². The highest BCUT2D eigenvalue weighted by Crippen LogP contribution is 2.41. The van der Waals surface area contributed by atoms with Crippen LogP contribution >= 0.6 is 0 Å². The summed E-state index contributed by atoms with van der Waals surface area (Å²) in [6.45, 7) is -0.477. The van der Waals surface area contributed by atoms with Crippen LogP contribution in [0.1, 0.15) is 11.3 Å². The van der Waals surface area contributed by atoms with Crippen LogP contribution in [0.4, 0.5) is 28.9 Å². The zero-order chi connectivity index (χ0) is 26.2. The van der Waals surface area contributed by atoms with Crippen molar-refractivity contribution in [1.29, 1.82) is 0 Å².